The van der Waals surface area contributed by atoms with Gasteiger partial charge >= 0.3 is 5.97 Å². The number of anilines is 1. The van der Waals surface area contributed by atoms with Crippen LogP contribution in [0.3, 0.4) is 0 Å². The zero-order chi connectivity index (χ0) is 20.8. The zero-order valence-corrected chi connectivity index (χ0v) is 17.1. The van der Waals surface area contributed by atoms with Crippen molar-refractivity contribution >= 4 is 17.6 Å². The van der Waals surface area contributed by atoms with Gasteiger partial charge in [0.25, 0.3) is 5.91 Å². The number of para-hydroxylation sites is 1. The van der Waals surface area contributed by atoms with Crippen molar-refractivity contribution in [2.75, 3.05) is 12.1 Å². The topological polar surface area (TPSA) is 73.9 Å². The van der Waals surface area contributed by atoms with E-state index in [4.69, 9.17) is 14.2 Å². The van der Waals surface area contributed by atoms with Crippen LogP contribution < -0.4 is 14.8 Å². The Morgan fingerprint density at radius 2 is 1.86 bits per heavy atom. The van der Waals surface area contributed by atoms with Crippen molar-refractivity contribution in [3.63, 3.8) is 0 Å². The second-order valence-corrected chi connectivity index (χ2v) is 7.21. The lowest BCUT2D eigenvalue weighted by molar-refractivity contribution is -0.153. The largest absolute Gasteiger partial charge is 0.454 e. The predicted octanol–water partition coefficient (Wildman–Crippen LogP) is 4.43. The number of hydrogen-bond acceptors (Lipinski definition) is 5. The highest BCUT2D eigenvalue weighted by Gasteiger charge is 2.20. The number of esters is 1. The summed E-state index contributed by atoms with van der Waals surface area (Å²) in [6, 6.07) is 13.3. The molecule has 6 nitrogen and oxygen atoms in total. The molecule has 2 aromatic carbocycles. The summed E-state index contributed by atoms with van der Waals surface area (Å²) in [6.45, 7) is 6.02. The van der Waals surface area contributed by atoms with Crippen LogP contribution in [0, 0.1) is 0 Å². The summed E-state index contributed by atoms with van der Waals surface area (Å²) in [6.07, 6.45) is 0.780. The van der Waals surface area contributed by atoms with Crippen LogP contribution in [0.2, 0.25) is 0 Å². The summed E-state index contributed by atoms with van der Waals surface area (Å²) in [5, 5.41) is 2.89. The SMILES string of the molecule is CCC(C)c1ccccc1NC(=O)C(C)OC(=O)CCc1ccc2c(c1)OCO2. The standard InChI is InChI=1S/C23H27NO5/c1-4-15(2)18-7-5-6-8-19(18)24-23(26)16(3)29-22(25)12-10-17-9-11-20-21(13-17)28-14-27-20/h5-9,11,13,15-16H,4,10,12,14H2,1-3H3,(H,24,26). The molecule has 6 heteroatoms. The van der Waals surface area contributed by atoms with Crippen molar-refractivity contribution < 1.29 is 23.8 Å². The quantitative estimate of drug-likeness (QED) is 0.667. The Morgan fingerprint density at radius 3 is 2.66 bits per heavy atom. The first kappa shape index (κ1) is 20.7. The molecule has 0 spiro atoms. The van der Waals surface area contributed by atoms with Crippen molar-refractivity contribution in [1.29, 1.82) is 0 Å². The maximum absolute atomic E-state index is 12.5. The van der Waals surface area contributed by atoms with E-state index in [0.717, 1.165) is 23.2 Å². The molecule has 0 fully saturated rings. The molecule has 2 unspecified atom stereocenters. The van der Waals surface area contributed by atoms with Crippen molar-refractivity contribution in [3.8, 4) is 11.5 Å². The van der Waals surface area contributed by atoms with Gasteiger partial charge in [0, 0.05) is 12.1 Å². The van der Waals surface area contributed by atoms with E-state index in [1.807, 2.05) is 42.5 Å². The molecule has 1 N–H and O–H groups in total. The minimum absolute atomic E-state index is 0.181. The highest BCUT2D eigenvalue weighted by Crippen LogP contribution is 2.32. The number of carbonyl (C=O) groups is 2. The molecular weight excluding hydrogens is 370 g/mol. The van der Waals surface area contributed by atoms with E-state index in [1.165, 1.54) is 0 Å². The molecule has 1 heterocycles. The smallest absolute Gasteiger partial charge is 0.306 e. The fourth-order valence-corrected chi connectivity index (χ4v) is 3.15. The van der Waals surface area contributed by atoms with Gasteiger partial charge in [0.05, 0.1) is 0 Å². The van der Waals surface area contributed by atoms with Gasteiger partial charge in [0.15, 0.2) is 17.6 Å². The molecule has 1 aliphatic rings. The lowest BCUT2D eigenvalue weighted by Crippen LogP contribution is -2.30. The van der Waals surface area contributed by atoms with Gasteiger partial charge in [-0.15, -0.1) is 0 Å². The van der Waals surface area contributed by atoms with Crippen LogP contribution in [0.15, 0.2) is 42.5 Å². The molecule has 0 aromatic heterocycles. The fraction of sp³-hybridized carbons (Fsp3) is 0.391. The molecule has 2 aromatic rings. The maximum Gasteiger partial charge on any atom is 0.306 e. The Hall–Kier alpha value is -3.02. The molecule has 1 aliphatic heterocycles. The van der Waals surface area contributed by atoms with Gasteiger partial charge in [0.1, 0.15) is 0 Å². The van der Waals surface area contributed by atoms with Crippen molar-refractivity contribution in [3.05, 3.63) is 53.6 Å². The van der Waals surface area contributed by atoms with Crippen molar-refractivity contribution in [2.45, 2.75) is 52.1 Å². The maximum atomic E-state index is 12.5. The molecule has 0 aliphatic carbocycles. The van der Waals surface area contributed by atoms with Gasteiger partial charge in [-0.2, -0.15) is 0 Å². The summed E-state index contributed by atoms with van der Waals surface area (Å²) < 4.78 is 15.9. The van der Waals surface area contributed by atoms with Gasteiger partial charge in [-0.3, -0.25) is 9.59 Å². The van der Waals surface area contributed by atoms with E-state index < -0.39 is 12.1 Å². The number of ether oxygens (including phenoxy) is 3. The summed E-state index contributed by atoms with van der Waals surface area (Å²) >= 11 is 0. The Kier molecular flexibility index (Phi) is 6.75. The van der Waals surface area contributed by atoms with E-state index in [9.17, 15) is 9.59 Å². The predicted molar refractivity (Wildman–Crippen MR) is 110 cm³/mol. The number of nitrogens with one attached hydrogen (secondary N) is 1. The number of aryl methyl sites for hydroxylation is 1. The van der Waals surface area contributed by atoms with Gasteiger partial charge < -0.3 is 19.5 Å². The second-order valence-electron chi connectivity index (χ2n) is 7.21. The molecule has 1 amide bonds. The lowest BCUT2D eigenvalue weighted by atomic mass is 9.97. The van der Waals surface area contributed by atoms with Crippen molar-refractivity contribution in [1.82, 2.24) is 0 Å². The molecule has 0 radical (unpaired) electrons. The first-order valence-corrected chi connectivity index (χ1v) is 9.95. The van der Waals surface area contributed by atoms with Gasteiger partial charge in [-0.25, -0.2) is 0 Å². The first-order valence-electron chi connectivity index (χ1n) is 9.95. The number of amides is 1. The monoisotopic (exact) mass is 397 g/mol. The molecule has 0 bridgehead atoms. The van der Waals surface area contributed by atoms with Crippen LogP contribution >= 0.6 is 0 Å². The van der Waals surface area contributed by atoms with Crippen LogP contribution in [-0.2, 0) is 20.7 Å². The fourth-order valence-electron chi connectivity index (χ4n) is 3.15. The van der Waals surface area contributed by atoms with Crippen LogP contribution in [0.1, 0.15) is 50.7 Å². The van der Waals surface area contributed by atoms with E-state index in [0.29, 0.717) is 23.8 Å². The molecule has 29 heavy (non-hydrogen) atoms. The van der Waals surface area contributed by atoms with Crippen LogP contribution in [0.4, 0.5) is 5.69 Å². The normalized spacial score (nSPS) is 14.2. The summed E-state index contributed by atoms with van der Waals surface area (Å²) in [7, 11) is 0. The number of carbonyl (C=O) groups excluding carboxylic acids is 2. The van der Waals surface area contributed by atoms with Crippen LogP contribution in [0.5, 0.6) is 11.5 Å². The molecule has 0 saturated carbocycles. The van der Waals surface area contributed by atoms with Gasteiger partial charge in [0.2, 0.25) is 6.79 Å². The summed E-state index contributed by atoms with van der Waals surface area (Å²) in [5.74, 6) is 0.964. The number of hydrogen-bond donors (Lipinski definition) is 1. The molecule has 3 rings (SSSR count). The third-order valence-electron chi connectivity index (χ3n) is 5.09. The highest BCUT2D eigenvalue weighted by atomic mass is 16.7. The average Bonchev–Trinajstić information content (AvgIpc) is 3.20. The van der Waals surface area contributed by atoms with Crippen LogP contribution in [0.25, 0.3) is 0 Å². The molecule has 2 atom stereocenters. The van der Waals surface area contributed by atoms with E-state index in [1.54, 1.807) is 6.92 Å². The van der Waals surface area contributed by atoms with Gasteiger partial charge in [-0.05, 0) is 55.0 Å². The molecule has 154 valence electrons. The van der Waals surface area contributed by atoms with E-state index in [-0.39, 0.29) is 19.1 Å². The average molecular weight is 397 g/mol. The van der Waals surface area contributed by atoms with E-state index in [2.05, 4.69) is 19.2 Å². The molecular formula is C23H27NO5. The van der Waals surface area contributed by atoms with Gasteiger partial charge in [-0.1, -0.05) is 38.1 Å². The lowest BCUT2D eigenvalue weighted by Gasteiger charge is -2.18. The zero-order valence-electron chi connectivity index (χ0n) is 17.1. The number of benzene rings is 2. The summed E-state index contributed by atoms with van der Waals surface area (Å²) in [4.78, 5) is 24.7. The second kappa shape index (κ2) is 9.45. The van der Waals surface area contributed by atoms with Crippen molar-refractivity contribution in [2.24, 2.45) is 0 Å². The van der Waals surface area contributed by atoms with Crippen LogP contribution in [-0.4, -0.2) is 24.8 Å². The first-order chi connectivity index (χ1) is 14.0. The minimum Gasteiger partial charge on any atom is -0.454 e. The third kappa shape index (κ3) is 5.28. The Labute approximate surface area is 171 Å². The molecule has 0 saturated heterocycles. The highest BCUT2D eigenvalue weighted by molar-refractivity contribution is 5.95. The Bertz CT molecular complexity index is 879. The number of rotatable bonds is 8. The third-order valence-corrected chi connectivity index (χ3v) is 5.09. The number of fused-ring (bicyclic) bond motifs is 1. The minimum atomic E-state index is -0.871. The Balaban J connectivity index is 1.51. The summed E-state index contributed by atoms with van der Waals surface area (Å²) in [5.41, 5.74) is 2.78. The Morgan fingerprint density at radius 1 is 1.10 bits per heavy atom. The van der Waals surface area contributed by atoms with E-state index >= 15 is 0 Å².